The summed E-state index contributed by atoms with van der Waals surface area (Å²) in [5.74, 6) is 0.578. The van der Waals surface area contributed by atoms with E-state index in [1.54, 1.807) is 0 Å². The number of furan rings is 2. The Morgan fingerprint density at radius 1 is 0.311 bits per heavy atom. The molecule has 4 heteroatoms. The second-order valence-electron chi connectivity index (χ2n) is 20.2. The number of anilines is 6. The molecule has 2 aromatic heterocycles. The molecule has 0 bridgehead atoms. The van der Waals surface area contributed by atoms with Crippen LogP contribution in [0, 0.1) is 0 Å². The Balaban J connectivity index is 1.06. The molecule has 74 heavy (non-hydrogen) atoms. The summed E-state index contributed by atoms with van der Waals surface area (Å²) in [7, 11) is 0. The summed E-state index contributed by atoms with van der Waals surface area (Å²) < 4.78 is 13.9. The van der Waals surface area contributed by atoms with Crippen LogP contribution >= 0.6 is 0 Å². The number of rotatable bonds is 9. The molecule has 15 rings (SSSR count). The fourth-order valence-corrected chi connectivity index (χ4v) is 12.4. The van der Waals surface area contributed by atoms with Gasteiger partial charge in [-0.3, -0.25) is 0 Å². The molecule has 0 unspecified atom stereocenters. The van der Waals surface area contributed by atoms with Crippen molar-refractivity contribution >= 4 is 110 Å². The molecule has 0 spiro atoms. The summed E-state index contributed by atoms with van der Waals surface area (Å²) in [6.07, 6.45) is 6.42. The average molecular weight is 951 g/mol. The Morgan fingerprint density at radius 3 is 1.23 bits per heavy atom. The van der Waals surface area contributed by atoms with Gasteiger partial charge in [0, 0.05) is 49.1 Å². The molecule has 1 saturated carbocycles. The smallest absolute Gasteiger partial charge is 0.159 e. The molecular weight excluding hydrogens is 901 g/mol. The van der Waals surface area contributed by atoms with Crippen LogP contribution in [0.15, 0.2) is 245 Å². The summed E-state index contributed by atoms with van der Waals surface area (Å²) in [5, 5.41) is 11.7. The monoisotopic (exact) mass is 950 g/mol. The number of fused-ring (bicyclic) bond motifs is 6. The van der Waals surface area contributed by atoms with E-state index in [9.17, 15) is 0 Å². The largest absolute Gasteiger partial charge is 0.454 e. The van der Waals surface area contributed by atoms with Gasteiger partial charge in [-0.1, -0.05) is 201 Å². The molecule has 1 fully saturated rings. The van der Waals surface area contributed by atoms with Gasteiger partial charge < -0.3 is 18.6 Å². The lowest BCUT2D eigenvalue weighted by Crippen LogP contribution is -2.15. The molecule has 0 amide bonds. The van der Waals surface area contributed by atoms with Crippen molar-refractivity contribution < 1.29 is 8.83 Å². The first-order valence-electron chi connectivity index (χ1n) is 26.2. The predicted octanol–water partition coefficient (Wildman–Crippen LogP) is 20.7. The van der Waals surface area contributed by atoms with Crippen LogP contribution in [0.3, 0.4) is 0 Å². The Labute approximate surface area is 429 Å². The molecule has 2 heterocycles. The lowest BCUT2D eigenvalue weighted by atomic mass is 9.82. The molecule has 352 valence electrons. The first kappa shape index (κ1) is 42.6. The number of benzene rings is 12. The quantitative estimate of drug-likeness (QED) is 0.135. The standard InChI is InChI=1S/C70H50N2O2/c1-4-16-45(17-5-1)48-30-36-53(37-31-48)71(61-26-14-24-57-55-22-10-12-28-65(55)73-69(57)61)63-44-64(60-41-35-51-43-52(47-20-8-3-9-21-47)42-50-34-40-59(63)68(60)67(50)51)72(54-38-32-49(33-39-54)46-18-6-2-7-19-46)62-27-15-25-58-56-23-11-13-29-66(56)74-70(58)62/h1-2,4-7,10-19,22-44,47H,3,8-9,20-21H2. The van der Waals surface area contributed by atoms with Gasteiger partial charge in [-0.15, -0.1) is 0 Å². The van der Waals surface area contributed by atoms with Gasteiger partial charge >= 0.3 is 0 Å². The van der Waals surface area contributed by atoms with Gasteiger partial charge in [0.25, 0.3) is 0 Å². The van der Waals surface area contributed by atoms with Gasteiger partial charge in [-0.2, -0.15) is 0 Å². The molecule has 1 aliphatic rings. The fraction of sp³-hybridized carbons (Fsp3) is 0.0857. The van der Waals surface area contributed by atoms with Crippen LogP contribution in [0.4, 0.5) is 34.1 Å². The van der Waals surface area contributed by atoms with Crippen molar-refractivity contribution in [1.82, 2.24) is 0 Å². The normalized spacial score (nSPS) is 13.4. The zero-order valence-corrected chi connectivity index (χ0v) is 40.8. The van der Waals surface area contributed by atoms with E-state index in [2.05, 4.69) is 246 Å². The highest BCUT2D eigenvalue weighted by atomic mass is 16.3. The maximum Gasteiger partial charge on any atom is 0.159 e. The van der Waals surface area contributed by atoms with Gasteiger partial charge in [0.15, 0.2) is 11.2 Å². The Morgan fingerprint density at radius 2 is 0.743 bits per heavy atom. The highest BCUT2D eigenvalue weighted by Gasteiger charge is 2.29. The molecule has 0 aliphatic heterocycles. The van der Waals surface area contributed by atoms with Crippen molar-refractivity contribution in [3.63, 3.8) is 0 Å². The van der Waals surface area contributed by atoms with E-state index in [0.29, 0.717) is 5.92 Å². The van der Waals surface area contributed by atoms with E-state index in [0.717, 1.165) is 99.9 Å². The van der Waals surface area contributed by atoms with Crippen LogP contribution in [0.25, 0.3) is 98.4 Å². The van der Waals surface area contributed by atoms with Gasteiger partial charge in [0.2, 0.25) is 0 Å². The molecule has 4 nitrogen and oxygen atoms in total. The van der Waals surface area contributed by atoms with E-state index < -0.39 is 0 Å². The Kier molecular flexibility index (Phi) is 9.94. The van der Waals surface area contributed by atoms with Gasteiger partial charge in [-0.05, 0) is 117 Å². The minimum atomic E-state index is 0.578. The van der Waals surface area contributed by atoms with Crippen molar-refractivity contribution in [2.75, 3.05) is 9.80 Å². The minimum absolute atomic E-state index is 0.578. The van der Waals surface area contributed by atoms with Crippen molar-refractivity contribution in [3.05, 3.63) is 242 Å². The second-order valence-corrected chi connectivity index (χ2v) is 20.2. The van der Waals surface area contributed by atoms with Crippen molar-refractivity contribution in [1.29, 1.82) is 0 Å². The number of para-hydroxylation sites is 4. The molecule has 14 aromatic rings. The summed E-state index contributed by atoms with van der Waals surface area (Å²) in [5.41, 5.74) is 15.6. The molecule has 0 radical (unpaired) electrons. The SMILES string of the molecule is c1ccc(-c2ccc(N(c3cc(N(c4ccc(-c5ccccc5)cc4)c4cccc5c4oc4ccccc45)c4ccc5cc(C6CCCCC6)cc6ccc3c4c65)c3cccc4c3oc3ccccc34)cc2)cc1. The summed E-state index contributed by atoms with van der Waals surface area (Å²) in [4.78, 5) is 4.89. The third kappa shape index (κ3) is 6.89. The van der Waals surface area contributed by atoms with Crippen LogP contribution in [0.1, 0.15) is 43.6 Å². The average Bonchev–Trinajstić information content (AvgIpc) is 4.08. The number of nitrogens with zero attached hydrogens (tertiary/aromatic N) is 2. The lowest BCUT2D eigenvalue weighted by Gasteiger charge is -2.32. The molecule has 0 saturated heterocycles. The first-order chi connectivity index (χ1) is 36.7. The summed E-state index contributed by atoms with van der Waals surface area (Å²) in [6.45, 7) is 0. The Bertz CT molecular complexity index is 4130. The van der Waals surface area contributed by atoms with E-state index in [-0.39, 0.29) is 0 Å². The van der Waals surface area contributed by atoms with Gasteiger partial charge in [0.05, 0.1) is 22.7 Å². The van der Waals surface area contributed by atoms with Gasteiger partial charge in [0.1, 0.15) is 11.2 Å². The van der Waals surface area contributed by atoms with Crippen LogP contribution < -0.4 is 9.80 Å². The van der Waals surface area contributed by atoms with Crippen molar-refractivity contribution in [3.8, 4) is 22.3 Å². The first-order valence-corrected chi connectivity index (χ1v) is 26.2. The summed E-state index contributed by atoms with van der Waals surface area (Å²) >= 11 is 0. The molecule has 12 aromatic carbocycles. The Hall–Kier alpha value is -9.12. The maximum absolute atomic E-state index is 6.97. The third-order valence-corrected chi connectivity index (χ3v) is 16.0. The highest BCUT2D eigenvalue weighted by molar-refractivity contribution is 6.29. The third-order valence-electron chi connectivity index (χ3n) is 16.0. The number of hydrogen-bond acceptors (Lipinski definition) is 4. The van der Waals surface area contributed by atoms with E-state index >= 15 is 0 Å². The number of hydrogen-bond donors (Lipinski definition) is 0. The highest BCUT2D eigenvalue weighted by Crippen LogP contribution is 2.53. The second kappa shape index (κ2) is 17.3. The fourth-order valence-electron chi connectivity index (χ4n) is 12.4. The van der Waals surface area contributed by atoms with Gasteiger partial charge in [-0.25, -0.2) is 0 Å². The van der Waals surface area contributed by atoms with Crippen molar-refractivity contribution in [2.45, 2.75) is 38.0 Å². The predicted molar refractivity (Wildman–Crippen MR) is 311 cm³/mol. The molecular formula is C70H50N2O2. The minimum Gasteiger partial charge on any atom is -0.454 e. The van der Waals surface area contributed by atoms with Crippen LogP contribution in [-0.2, 0) is 0 Å². The zero-order chi connectivity index (χ0) is 48.7. The van der Waals surface area contributed by atoms with Crippen molar-refractivity contribution in [2.24, 2.45) is 0 Å². The van der Waals surface area contributed by atoms with Crippen LogP contribution in [0.2, 0.25) is 0 Å². The van der Waals surface area contributed by atoms with Crippen LogP contribution in [-0.4, -0.2) is 0 Å². The molecule has 1 aliphatic carbocycles. The van der Waals surface area contributed by atoms with Crippen LogP contribution in [0.5, 0.6) is 0 Å². The topological polar surface area (TPSA) is 32.8 Å². The molecule has 0 N–H and O–H groups in total. The van der Waals surface area contributed by atoms with E-state index in [4.69, 9.17) is 8.83 Å². The summed E-state index contributed by atoms with van der Waals surface area (Å²) in [6, 6.07) is 86.3. The van der Waals surface area contributed by atoms with E-state index in [1.165, 1.54) is 70.3 Å². The molecule has 0 atom stereocenters. The van der Waals surface area contributed by atoms with E-state index in [1.807, 2.05) is 0 Å². The maximum atomic E-state index is 6.97. The lowest BCUT2D eigenvalue weighted by molar-refractivity contribution is 0.444. The zero-order valence-electron chi connectivity index (χ0n) is 40.8.